The van der Waals surface area contributed by atoms with Crippen LogP contribution in [0.1, 0.15) is 11.7 Å². The van der Waals surface area contributed by atoms with Gasteiger partial charge in [-0.25, -0.2) is 0 Å². The number of hydrogen-bond acceptors (Lipinski definition) is 3. The summed E-state index contributed by atoms with van der Waals surface area (Å²) in [5.41, 5.74) is 0.525. The van der Waals surface area contributed by atoms with Crippen molar-refractivity contribution in [2.45, 2.75) is 12.2 Å². The molecule has 0 fully saturated rings. The molecule has 0 bridgehead atoms. The molecule has 2 N–H and O–H groups in total. The summed E-state index contributed by atoms with van der Waals surface area (Å²) in [7, 11) is 0. The van der Waals surface area contributed by atoms with Gasteiger partial charge >= 0.3 is 0 Å². The van der Waals surface area contributed by atoms with Crippen LogP contribution in [-0.4, -0.2) is 28.8 Å². The fourth-order valence-electron chi connectivity index (χ4n) is 1.30. The predicted octanol–water partition coefficient (Wildman–Crippen LogP) is 1.88. The van der Waals surface area contributed by atoms with Crippen molar-refractivity contribution in [2.75, 3.05) is 12.5 Å². The van der Waals surface area contributed by atoms with Crippen LogP contribution in [-0.2, 0) is 0 Å². The highest BCUT2D eigenvalue weighted by atomic mass is 35.5. The van der Waals surface area contributed by atoms with E-state index in [0.29, 0.717) is 17.9 Å². The molecule has 1 rings (SSSR count). The van der Waals surface area contributed by atoms with Gasteiger partial charge in [-0.15, -0.1) is 11.6 Å². The zero-order chi connectivity index (χ0) is 12.0. The lowest BCUT2D eigenvalue weighted by atomic mass is 10.0. The normalized spacial score (nSPS) is 14.2. The second kappa shape index (κ2) is 6.53. The largest absolute Gasteiger partial charge is 0.489 e. The minimum Gasteiger partial charge on any atom is -0.489 e. The second-order valence-electron chi connectivity index (χ2n) is 3.30. The summed E-state index contributed by atoms with van der Waals surface area (Å²) in [6, 6.07) is 6.98. The molecule has 1 aromatic carbocycles. The summed E-state index contributed by atoms with van der Waals surface area (Å²) in [5.74, 6) is 0.496. The van der Waals surface area contributed by atoms with Crippen LogP contribution in [0, 0.1) is 0 Å². The molecule has 2 unspecified atom stereocenters. The van der Waals surface area contributed by atoms with Gasteiger partial charge in [0, 0.05) is 5.56 Å². The van der Waals surface area contributed by atoms with Crippen molar-refractivity contribution in [2.24, 2.45) is 0 Å². The maximum absolute atomic E-state index is 9.83. The van der Waals surface area contributed by atoms with Crippen LogP contribution in [0.5, 0.6) is 5.75 Å². The molecular weight excluding hydrogens is 228 g/mol. The first-order chi connectivity index (χ1) is 7.70. The number of benzene rings is 1. The topological polar surface area (TPSA) is 49.7 Å². The highest BCUT2D eigenvalue weighted by Crippen LogP contribution is 2.27. The third kappa shape index (κ3) is 3.23. The van der Waals surface area contributed by atoms with E-state index in [9.17, 15) is 10.2 Å². The Morgan fingerprint density at radius 1 is 1.38 bits per heavy atom. The lowest BCUT2D eigenvalue weighted by molar-refractivity contribution is 0.0310. The lowest BCUT2D eigenvalue weighted by Crippen LogP contribution is -2.20. The third-order valence-electron chi connectivity index (χ3n) is 2.12. The monoisotopic (exact) mass is 242 g/mol. The van der Waals surface area contributed by atoms with E-state index in [-0.39, 0.29) is 5.88 Å². The summed E-state index contributed by atoms with van der Waals surface area (Å²) < 4.78 is 5.37. The van der Waals surface area contributed by atoms with E-state index in [0.717, 1.165) is 0 Å². The second-order valence-corrected chi connectivity index (χ2v) is 3.61. The highest BCUT2D eigenvalue weighted by Gasteiger charge is 2.20. The minimum absolute atomic E-state index is 0.0308. The van der Waals surface area contributed by atoms with E-state index in [4.69, 9.17) is 16.3 Å². The van der Waals surface area contributed by atoms with Crippen molar-refractivity contribution in [1.29, 1.82) is 0 Å². The standard InChI is InChI=1S/C12H15ClO3/c1-2-7-16-11-6-4-3-5-9(11)12(15)10(14)8-13/h2-6,10,12,14-15H,1,7-8H2. The number of halogens is 1. The van der Waals surface area contributed by atoms with Gasteiger partial charge in [-0.05, 0) is 6.07 Å². The Hall–Kier alpha value is -1.03. The first-order valence-electron chi connectivity index (χ1n) is 4.95. The summed E-state index contributed by atoms with van der Waals surface area (Å²) in [6.45, 7) is 3.89. The van der Waals surface area contributed by atoms with Gasteiger partial charge in [0.1, 0.15) is 18.5 Å². The van der Waals surface area contributed by atoms with Crippen LogP contribution in [0.15, 0.2) is 36.9 Å². The van der Waals surface area contributed by atoms with E-state index < -0.39 is 12.2 Å². The number of aliphatic hydroxyl groups excluding tert-OH is 2. The van der Waals surface area contributed by atoms with Gasteiger partial charge in [0.05, 0.1) is 12.0 Å². The predicted molar refractivity (Wildman–Crippen MR) is 63.8 cm³/mol. The van der Waals surface area contributed by atoms with E-state index in [1.807, 2.05) is 0 Å². The van der Waals surface area contributed by atoms with Crippen LogP contribution >= 0.6 is 11.6 Å². The number of hydrogen-bond donors (Lipinski definition) is 2. The summed E-state index contributed by atoms with van der Waals surface area (Å²) in [4.78, 5) is 0. The maximum Gasteiger partial charge on any atom is 0.125 e. The Kier molecular flexibility index (Phi) is 5.32. The van der Waals surface area contributed by atoms with E-state index in [2.05, 4.69) is 6.58 Å². The molecule has 0 saturated heterocycles. The SMILES string of the molecule is C=CCOc1ccccc1C(O)C(O)CCl. The van der Waals surface area contributed by atoms with Gasteiger partial charge in [-0.1, -0.05) is 30.9 Å². The lowest BCUT2D eigenvalue weighted by Gasteiger charge is -2.18. The molecule has 88 valence electrons. The molecule has 0 saturated carbocycles. The van der Waals surface area contributed by atoms with Gasteiger partial charge in [-0.2, -0.15) is 0 Å². The first kappa shape index (κ1) is 13.0. The van der Waals surface area contributed by atoms with Crippen molar-refractivity contribution in [3.63, 3.8) is 0 Å². The molecule has 0 spiro atoms. The third-order valence-corrected chi connectivity index (χ3v) is 2.43. The number of alkyl halides is 1. The molecule has 1 aromatic rings. The quantitative estimate of drug-likeness (QED) is 0.592. The van der Waals surface area contributed by atoms with Gasteiger partial charge in [0.15, 0.2) is 0 Å². The Labute approximate surface area is 99.9 Å². The summed E-state index contributed by atoms with van der Waals surface area (Å²) in [6.07, 6.45) is -0.435. The molecule has 4 heteroatoms. The molecule has 0 radical (unpaired) electrons. The summed E-state index contributed by atoms with van der Waals surface area (Å²) in [5, 5.41) is 19.3. The van der Waals surface area contributed by atoms with Crippen LogP contribution in [0.3, 0.4) is 0 Å². The van der Waals surface area contributed by atoms with Gasteiger partial charge in [0.25, 0.3) is 0 Å². The Morgan fingerprint density at radius 3 is 2.69 bits per heavy atom. The van der Waals surface area contributed by atoms with Crippen LogP contribution in [0.25, 0.3) is 0 Å². The van der Waals surface area contributed by atoms with Crippen LogP contribution in [0.2, 0.25) is 0 Å². The molecule has 3 nitrogen and oxygen atoms in total. The molecular formula is C12H15ClO3. The van der Waals surface area contributed by atoms with Crippen molar-refractivity contribution >= 4 is 11.6 Å². The van der Waals surface area contributed by atoms with Crippen LogP contribution < -0.4 is 4.74 Å². The highest BCUT2D eigenvalue weighted by molar-refractivity contribution is 6.18. The Balaban J connectivity index is 2.88. The van der Waals surface area contributed by atoms with Gasteiger partial charge in [0.2, 0.25) is 0 Å². The van der Waals surface area contributed by atoms with Crippen LogP contribution in [0.4, 0.5) is 0 Å². The number of rotatable bonds is 6. The Bertz CT molecular complexity index is 341. The first-order valence-corrected chi connectivity index (χ1v) is 5.49. The molecule has 0 aliphatic heterocycles. The zero-order valence-corrected chi connectivity index (χ0v) is 9.60. The number of para-hydroxylation sites is 1. The molecule has 0 amide bonds. The molecule has 0 aliphatic carbocycles. The van der Waals surface area contributed by atoms with Gasteiger partial charge < -0.3 is 14.9 Å². The van der Waals surface area contributed by atoms with E-state index in [1.165, 1.54) is 0 Å². The smallest absolute Gasteiger partial charge is 0.125 e. The average molecular weight is 243 g/mol. The summed E-state index contributed by atoms with van der Waals surface area (Å²) >= 11 is 5.49. The van der Waals surface area contributed by atoms with Crippen molar-refractivity contribution in [3.05, 3.63) is 42.5 Å². The Morgan fingerprint density at radius 2 is 2.06 bits per heavy atom. The van der Waals surface area contributed by atoms with Crippen molar-refractivity contribution in [3.8, 4) is 5.75 Å². The fourth-order valence-corrected chi connectivity index (χ4v) is 1.47. The molecule has 0 aromatic heterocycles. The average Bonchev–Trinajstić information content (AvgIpc) is 2.34. The molecule has 0 heterocycles. The number of ether oxygens (including phenoxy) is 1. The van der Waals surface area contributed by atoms with E-state index in [1.54, 1.807) is 30.3 Å². The van der Waals surface area contributed by atoms with Gasteiger partial charge in [-0.3, -0.25) is 0 Å². The number of aliphatic hydroxyl groups is 2. The molecule has 2 atom stereocenters. The van der Waals surface area contributed by atoms with Crippen molar-refractivity contribution < 1.29 is 14.9 Å². The van der Waals surface area contributed by atoms with Crippen molar-refractivity contribution in [1.82, 2.24) is 0 Å². The fraction of sp³-hybridized carbons (Fsp3) is 0.333. The maximum atomic E-state index is 9.83. The zero-order valence-electron chi connectivity index (χ0n) is 8.84. The molecule has 16 heavy (non-hydrogen) atoms. The van der Waals surface area contributed by atoms with E-state index >= 15 is 0 Å². The minimum atomic E-state index is -1.04. The molecule has 0 aliphatic rings.